The molecule has 7 nitrogen and oxygen atoms in total. The number of imidazole rings is 1. The highest BCUT2D eigenvalue weighted by Crippen LogP contribution is 2.29. The number of H-pyrrole nitrogens is 1. The number of methoxy groups -OCH3 is 1. The topological polar surface area (TPSA) is 90.5 Å². The van der Waals surface area contributed by atoms with Crippen LogP contribution in [0.3, 0.4) is 0 Å². The summed E-state index contributed by atoms with van der Waals surface area (Å²) in [6, 6.07) is 3.27. The Morgan fingerprint density at radius 1 is 1.41 bits per heavy atom. The van der Waals surface area contributed by atoms with E-state index in [-0.39, 0.29) is 18.8 Å². The zero-order valence-electron chi connectivity index (χ0n) is 12.3. The molecule has 0 aliphatic carbocycles. The van der Waals surface area contributed by atoms with Crippen LogP contribution in [-0.2, 0) is 20.9 Å². The molecule has 7 heteroatoms. The second-order valence-corrected chi connectivity index (χ2v) is 4.39. The average molecular weight is 304 g/mol. The summed E-state index contributed by atoms with van der Waals surface area (Å²) in [4.78, 5) is 30.0. The summed E-state index contributed by atoms with van der Waals surface area (Å²) >= 11 is 0. The van der Waals surface area contributed by atoms with Gasteiger partial charge in [-0.05, 0) is 12.1 Å². The fourth-order valence-corrected chi connectivity index (χ4v) is 1.90. The zero-order valence-corrected chi connectivity index (χ0v) is 12.3. The molecule has 0 radical (unpaired) electrons. The van der Waals surface area contributed by atoms with E-state index in [0.717, 1.165) is 0 Å². The summed E-state index contributed by atoms with van der Waals surface area (Å²) in [7, 11) is 1.29. The molecule has 0 amide bonds. The summed E-state index contributed by atoms with van der Waals surface area (Å²) in [5.41, 5.74) is 1.39. The lowest BCUT2D eigenvalue weighted by molar-refractivity contribution is -0.142. The molecular weight excluding hydrogens is 288 g/mol. The number of esters is 2. The number of carbonyl (C=O) groups is 2. The van der Waals surface area contributed by atoms with E-state index in [2.05, 4.69) is 16.5 Å². The van der Waals surface area contributed by atoms with Gasteiger partial charge < -0.3 is 19.2 Å². The number of rotatable bonds is 6. The third kappa shape index (κ3) is 3.25. The molecule has 1 N–H and O–H groups in total. The highest BCUT2D eigenvalue weighted by atomic mass is 16.5. The van der Waals surface area contributed by atoms with Crippen molar-refractivity contribution in [1.29, 1.82) is 0 Å². The minimum absolute atomic E-state index is 0.0124. The SMILES string of the molecule is C=CCOc1c(C(=O)OC)ccc2[nH]c(COC(C)=O)nc12. The normalized spacial score (nSPS) is 10.3. The Kier molecular flexibility index (Phi) is 4.77. The standard InChI is InChI=1S/C15H16N2O5/c1-4-7-21-14-10(15(19)20-3)5-6-11-13(14)17-12(16-11)8-22-9(2)18/h4-6H,1,7-8H2,2-3H3,(H,16,17). The number of aromatic amines is 1. The van der Waals surface area contributed by atoms with Crippen molar-refractivity contribution in [1.82, 2.24) is 9.97 Å². The van der Waals surface area contributed by atoms with Crippen molar-refractivity contribution < 1.29 is 23.8 Å². The van der Waals surface area contributed by atoms with Crippen molar-refractivity contribution in [3.63, 3.8) is 0 Å². The van der Waals surface area contributed by atoms with Crippen LogP contribution < -0.4 is 4.74 Å². The number of nitrogens with one attached hydrogen (secondary N) is 1. The fraction of sp³-hybridized carbons (Fsp3) is 0.267. The highest BCUT2D eigenvalue weighted by molar-refractivity contribution is 5.99. The van der Waals surface area contributed by atoms with Crippen LogP contribution in [-0.4, -0.2) is 35.6 Å². The van der Waals surface area contributed by atoms with Gasteiger partial charge in [0.25, 0.3) is 0 Å². The van der Waals surface area contributed by atoms with Crippen LogP contribution in [0.15, 0.2) is 24.8 Å². The lowest BCUT2D eigenvalue weighted by Crippen LogP contribution is -2.06. The van der Waals surface area contributed by atoms with Gasteiger partial charge >= 0.3 is 11.9 Å². The Hall–Kier alpha value is -2.83. The maximum absolute atomic E-state index is 11.8. The molecule has 1 aromatic carbocycles. The predicted octanol–water partition coefficient (Wildman–Crippen LogP) is 1.98. The van der Waals surface area contributed by atoms with Gasteiger partial charge in [0.1, 0.15) is 30.1 Å². The fourth-order valence-electron chi connectivity index (χ4n) is 1.90. The van der Waals surface area contributed by atoms with Crippen LogP contribution in [0.5, 0.6) is 5.75 Å². The minimum atomic E-state index is -0.523. The predicted molar refractivity (Wildman–Crippen MR) is 78.6 cm³/mol. The molecule has 0 aliphatic rings. The van der Waals surface area contributed by atoms with Gasteiger partial charge in [-0.15, -0.1) is 0 Å². The molecule has 1 aromatic heterocycles. The maximum atomic E-state index is 11.8. The molecular formula is C15H16N2O5. The Balaban J connectivity index is 2.46. The summed E-state index contributed by atoms with van der Waals surface area (Å²) < 4.78 is 15.2. The van der Waals surface area contributed by atoms with Crippen molar-refractivity contribution in [3.8, 4) is 5.75 Å². The van der Waals surface area contributed by atoms with Gasteiger partial charge in [-0.1, -0.05) is 12.7 Å². The molecule has 0 bridgehead atoms. The number of hydrogen-bond acceptors (Lipinski definition) is 6. The van der Waals surface area contributed by atoms with Crippen LogP contribution in [0, 0.1) is 0 Å². The number of aromatic nitrogens is 2. The van der Waals surface area contributed by atoms with Crippen LogP contribution in [0.2, 0.25) is 0 Å². The van der Waals surface area contributed by atoms with Gasteiger partial charge in [0.15, 0.2) is 5.75 Å². The van der Waals surface area contributed by atoms with Crippen LogP contribution in [0.4, 0.5) is 0 Å². The molecule has 0 spiro atoms. The quantitative estimate of drug-likeness (QED) is 0.648. The molecule has 0 unspecified atom stereocenters. The van der Waals surface area contributed by atoms with E-state index in [1.54, 1.807) is 18.2 Å². The number of ether oxygens (including phenoxy) is 3. The molecule has 0 atom stereocenters. The van der Waals surface area contributed by atoms with E-state index < -0.39 is 11.9 Å². The van der Waals surface area contributed by atoms with Gasteiger partial charge in [-0.3, -0.25) is 4.79 Å². The molecule has 0 fully saturated rings. The number of fused-ring (bicyclic) bond motifs is 1. The number of hydrogen-bond donors (Lipinski definition) is 1. The Bertz CT molecular complexity index is 720. The lowest BCUT2D eigenvalue weighted by Gasteiger charge is -2.09. The largest absolute Gasteiger partial charge is 0.486 e. The molecule has 0 saturated heterocycles. The van der Waals surface area contributed by atoms with Crippen LogP contribution >= 0.6 is 0 Å². The molecule has 2 aromatic rings. The Morgan fingerprint density at radius 2 is 2.18 bits per heavy atom. The molecule has 2 rings (SSSR count). The minimum Gasteiger partial charge on any atom is -0.486 e. The summed E-state index contributed by atoms with van der Waals surface area (Å²) in [5.74, 6) is -0.172. The molecule has 0 aliphatic heterocycles. The van der Waals surface area contributed by atoms with Crippen LogP contribution in [0.1, 0.15) is 23.1 Å². The average Bonchev–Trinajstić information content (AvgIpc) is 2.93. The second-order valence-electron chi connectivity index (χ2n) is 4.39. The summed E-state index contributed by atoms with van der Waals surface area (Å²) in [6.07, 6.45) is 1.56. The molecule has 22 heavy (non-hydrogen) atoms. The first-order valence-corrected chi connectivity index (χ1v) is 6.53. The summed E-state index contributed by atoms with van der Waals surface area (Å²) in [5, 5.41) is 0. The van der Waals surface area contributed by atoms with Crippen molar-refractivity contribution >= 4 is 23.0 Å². The molecule has 116 valence electrons. The van der Waals surface area contributed by atoms with Gasteiger partial charge in [-0.25, -0.2) is 9.78 Å². The summed E-state index contributed by atoms with van der Waals surface area (Å²) in [6.45, 7) is 5.12. The van der Waals surface area contributed by atoms with Gasteiger partial charge in [0.2, 0.25) is 0 Å². The molecule has 0 saturated carbocycles. The van der Waals surface area contributed by atoms with Crippen molar-refractivity contribution in [2.24, 2.45) is 0 Å². The monoisotopic (exact) mass is 304 g/mol. The van der Waals surface area contributed by atoms with E-state index in [4.69, 9.17) is 14.2 Å². The van der Waals surface area contributed by atoms with Crippen LogP contribution in [0.25, 0.3) is 11.0 Å². The van der Waals surface area contributed by atoms with Gasteiger partial charge in [0.05, 0.1) is 12.6 Å². The third-order valence-electron chi connectivity index (χ3n) is 2.82. The van der Waals surface area contributed by atoms with E-state index in [1.807, 2.05) is 0 Å². The number of carbonyl (C=O) groups excluding carboxylic acids is 2. The third-order valence-corrected chi connectivity index (χ3v) is 2.82. The first kappa shape index (κ1) is 15.6. The first-order valence-electron chi connectivity index (χ1n) is 6.53. The van der Waals surface area contributed by atoms with E-state index >= 15 is 0 Å². The first-order chi connectivity index (χ1) is 10.6. The highest BCUT2D eigenvalue weighted by Gasteiger charge is 2.19. The van der Waals surface area contributed by atoms with E-state index in [1.165, 1.54) is 14.0 Å². The van der Waals surface area contributed by atoms with Crippen molar-refractivity contribution in [2.45, 2.75) is 13.5 Å². The zero-order chi connectivity index (χ0) is 16.1. The van der Waals surface area contributed by atoms with E-state index in [9.17, 15) is 9.59 Å². The van der Waals surface area contributed by atoms with Crippen molar-refractivity contribution in [3.05, 3.63) is 36.2 Å². The lowest BCUT2D eigenvalue weighted by atomic mass is 10.1. The van der Waals surface area contributed by atoms with Gasteiger partial charge in [-0.2, -0.15) is 0 Å². The number of nitrogens with zero attached hydrogens (tertiary/aromatic N) is 1. The maximum Gasteiger partial charge on any atom is 0.341 e. The van der Waals surface area contributed by atoms with E-state index in [0.29, 0.717) is 22.6 Å². The van der Waals surface area contributed by atoms with Gasteiger partial charge in [0, 0.05) is 6.92 Å². The molecule has 1 heterocycles. The second kappa shape index (κ2) is 6.75. The Labute approximate surface area is 126 Å². The Morgan fingerprint density at radius 3 is 2.82 bits per heavy atom. The van der Waals surface area contributed by atoms with Crippen molar-refractivity contribution in [2.75, 3.05) is 13.7 Å². The number of benzene rings is 1. The smallest absolute Gasteiger partial charge is 0.341 e.